The molecule has 0 spiro atoms. The van der Waals surface area contributed by atoms with Gasteiger partial charge in [0.2, 0.25) is 0 Å². The van der Waals surface area contributed by atoms with Crippen molar-refractivity contribution in [2.24, 2.45) is 11.3 Å². The van der Waals surface area contributed by atoms with Crippen LogP contribution in [0, 0.1) is 11.3 Å². The number of rotatable bonds is 6. The van der Waals surface area contributed by atoms with Gasteiger partial charge in [0.25, 0.3) is 0 Å². The number of hydrogen-bond acceptors (Lipinski definition) is 3. The van der Waals surface area contributed by atoms with Gasteiger partial charge < -0.3 is 15.3 Å². The topological polar surface area (TPSA) is 35.5 Å². The van der Waals surface area contributed by atoms with E-state index in [1.165, 1.54) is 58.2 Å². The monoisotopic (exact) mass is 268 g/mol. The zero-order valence-corrected chi connectivity index (χ0v) is 12.8. The first-order valence-electron chi connectivity index (χ1n) is 8.26. The van der Waals surface area contributed by atoms with Crippen molar-refractivity contribution in [2.45, 2.75) is 58.5 Å². The van der Waals surface area contributed by atoms with Crippen molar-refractivity contribution < 1.29 is 5.11 Å². The average molecular weight is 268 g/mol. The van der Waals surface area contributed by atoms with Gasteiger partial charge in [-0.15, -0.1) is 0 Å². The summed E-state index contributed by atoms with van der Waals surface area (Å²) in [4.78, 5) is 2.61. The molecule has 0 aromatic carbocycles. The van der Waals surface area contributed by atoms with E-state index in [2.05, 4.69) is 17.1 Å². The molecule has 1 saturated heterocycles. The second kappa shape index (κ2) is 7.05. The average Bonchev–Trinajstić information content (AvgIpc) is 2.86. The van der Waals surface area contributed by atoms with Crippen molar-refractivity contribution in [2.75, 3.05) is 32.7 Å². The summed E-state index contributed by atoms with van der Waals surface area (Å²) in [5.74, 6) is 0.500. The Morgan fingerprint density at radius 2 is 2.05 bits per heavy atom. The van der Waals surface area contributed by atoms with Crippen molar-refractivity contribution in [3.8, 4) is 0 Å². The Morgan fingerprint density at radius 3 is 2.63 bits per heavy atom. The SMILES string of the molecule is CCNCC1(CN2CCC(C(C)O)C2)CCCCC1. The fourth-order valence-electron chi connectivity index (χ4n) is 3.96. The van der Waals surface area contributed by atoms with Crippen LogP contribution in [-0.4, -0.2) is 48.8 Å². The van der Waals surface area contributed by atoms with E-state index in [1.807, 2.05) is 6.92 Å². The largest absolute Gasteiger partial charge is 0.393 e. The molecule has 0 radical (unpaired) electrons. The third-order valence-electron chi connectivity index (χ3n) is 5.21. The van der Waals surface area contributed by atoms with E-state index in [0.717, 1.165) is 13.1 Å². The molecule has 1 aliphatic heterocycles. The molecule has 0 aromatic rings. The van der Waals surface area contributed by atoms with Crippen LogP contribution in [0.25, 0.3) is 0 Å². The lowest BCUT2D eigenvalue weighted by atomic mass is 9.73. The maximum absolute atomic E-state index is 9.74. The minimum absolute atomic E-state index is 0.138. The predicted octanol–water partition coefficient (Wildman–Crippen LogP) is 2.25. The van der Waals surface area contributed by atoms with Crippen LogP contribution in [0.2, 0.25) is 0 Å². The molecule has 0 bridgehead atoms. The fraction of sp³-hybridized carbons (Fsp3) is 1.00. The molecule has 2 rings (SSSR count). The smallest absolute Gasteiger partial charge is 0.0552 e. The first-order valence-corrected chi connectivity index (χ1v) is 8.26. The van der Waals surface area contributed by atoms with E-state index in [9.17, 15) is 5.11 Å². The highest BCUT2D eigenvalue weighted by Gasteiger charge is 2.36. The number of aliphatic hydroxyl groups excluding tert-OH is 1. The zero-order chi connectivity index (χ0) is 13.7. The number of nitrogens with zero attached hydrogens (tertiary/aromatic N) is 1. The van der Waals surface area contributed by atoms with E-state index < -0.39 is 0 Å². The molecule has 2 aliphatic rings. The normalized spacial score (nSPS) is 29.5. The molecular weight excluding hydrogens is 236 g/mol. The lowest BCUT2D eigenvalue weighted by Gasteiger charge is -2.40. The summed E-state index contributed by atoms with van der Waals surface area (Å²) in [7, 11) is 0. The molecule has 0 aromatic heterocycles. The maximum Gasteiger partial charge on any atom is 0.0552 e. The summed E-state index contributed by atoms with van der Waals surface area (Å²) in [5.41, 5.74) is 0.502. The van der Waals surface area contributed by atoms with Crippen molar-refractivity contribution in [1.29, 1.82) is 0 Å². The van der Waals surface area contributed by atoms with Crippen LogP contribution in [-0.2, 0) is 0 Å². The Morgan fingerprint density at radius 1 is 1.32 bits per heavy atom. The Bertz CT molecular complexity index is 261. The minimum atomic E-state index is -0.138. The first-order chi connectivity index (χ1) is 9.15. The molecule has 1 saturated carbocycles. The summed E-state index contributed by atoms with van der Waals surface area (Å²) in [6.07, 6.45) is 8.03. The Kier molecular flexibility index (Phi) is 5.67. The van der Waals surface area contributed by atoms with Crippen LogP contribution < -0.4 is 5.32 Å². The molecule has 3 heteroatoms. The van der Waals surface area contributed by atoms with Gasteiger partial charge in [-0.2, -0.15) is 0 Å². The Labute approximate surface area is 118 Å². The first kappa shape index (κ1) is 15.3. The van der Waals surface area contributed by atoms with Crippen molar-refractivity contribution in [3.63, 3.8) is 0 Å². The van der Waals surface area contributed by atoms with Crippen LogP contribution in [0.4, 0.5) is 0 Å². The standard InChI is InChI=1S/C16H32N2O/c1-3-17-12-16(8-5-4-6-9-16)13-18-10-7-15(11-18)14(2)19/h14-15,17,19H,3-13H2,1-2H3. The molecule has 2 atom stereocenters. The van der Waals surface area contributed by atoms with E-state index in [-0.39, 0.29) is 6.10 Å². The lowest BCUT2D eigenvalue weighted by molar-refractivity contribution is 0.0976. The van der Waals surface area contributed by atoms with E-state index in [1.54, 1.807) is 0 Å². The summed E-state index contributed by atoms with van der Waals surface area (Å²) >= 11 is 0. The second-order valence-corrected chi connectivity index (χ2v) is 6.87. The van der Waals surface area contributed by atoms with Gasteiger partial charge in [-0.3, -0.25) is 0 Å². The molecule has 112 valence electrons. The van der Waals surface area contributed by atoms with Gasteiger partial charge in [0.1, 0.15) is 0 Å². The highest BCUT2D eigenvalue weighted by Crippen LogP contribution is 2.37. The highest BCUT2D eigenvalue weighted by atomic mass is 16.3. The van der Waals surface area contributed by atoms with Gasteiger partial charge >= 0.3 is 0 Å². The van der Waals surface area contributed by atoms with E-state index >= 15 is 0 Å². The maximum atomic E-state index is 9.74. The molecule has 0 amide bonds. The van der Waals surface area contributed by atoms with Gasteiger partial charge in [-0.05, 0) is 50.6 Å². The molecular formula is C16H32N2O. The van der Waals surface area contributed by atoms with Gasteiger partial charge in [0.05, 0.1) is 6.10 Å². The molecule has 19 heavy (non-hydrogen) atoms. The van der Waals surface area contributed by atoms with E-state index in [4.69, 9.17) is 0 Å². The summed E-state index contributed by atoms with van der Waals surface area (Å²) in [6.45, 7) is 9.94. The molecule has 3 nitrogen and oxygen atoms in total. The Balaban J connectivity index is 1.89. The number of nitrogens with one attached hydrogen (secondary N) is 1. The summed E-state index contributed by atoms with van der Waals surface area (Å²) in [5, 5.41) is 13.3. The summed E-state index contributed by atoms with van der Waals surface area (Å²) in [6, 6.07) is 0. The quantitative estimate of drug-likeness (QED) is 0.775. The van der Waals surface area contributed by atoms with Crippen LogP contribution >= 0.6 is 0 Å². The third-order valence-corrected chi connectivity index (χ3v) is 5.21. The summed E-state index contributed by atoms with van der Waals surface area (Å²) < 4.78 is 0. The lowest BCUT2D eigenvalue weighted by Crippen LogP contribution is -2.45. The second-order valence-electron chi connectivity index (χ2n) is 6.87. The van der Waals surface area contributed by atoms with Gasteiger partial charge in [0.15, 0.2) is 0 Å². The number of likely N-dealkylation sites (tertiary alicyclic amines) is 1. The van der Waals surface area contributed by atoms with Gasteiger partial charge in [-0.25, -0.2) is 0 Å². The van der Waals surface area contributed by atoms with Crippen molar-refractivity contribution >= 4 is 0 Å². The van der Waals surface area contributed by atoms with E-state index in [0.29, 0.717) is 11.3 Å². The number of aliphatic hydroxyl groups is 1. The van der Waals surface area contributed by atoms with Crippen molar-refractivity contribution in [3.05, 3.63) is 0 Å². The van der Waals surface area contributed by atoms with Crippen molar-refractivity contribution in [1.82, 2.24) is 10.2 Å². The molecule has 2 fully saturated rings. The van der Waals surface area contributed by atoms with Crippen LogP contribution in [0.1, 0.15) is 52.4 Å². The molecule has 2 unspecified atom stereocenters. The van der Waals surface area contributed by atoms with Crippen LogP contribution in [0.5, 0.6) is 0 Å². The van der Waals surface area contributed by atoms with Gasteiger partial charge in [-0.1, -0.05) is 26.2 Å². The number of hydrogen-bond donors (Lipinski definition) is 2. The van der Waals surface area contributed by atoms with Gasteiger partial charge in [0, 0.05) is 19.6 Å². The molecule has 1 aliphatic carbocycles. The van der Waals surface area contributed by atoms with Crippen LogP contribution in [0.15, 0.2) is 0 Å². The zero-order valence-electron chi connectivity index (χ0n) is 12.8. The Hall–Kier alpha value is -0.120. The third kappa shape index (κ3) is 4.17. The predicted molar refractivity (Wildman–Crippen MR) is 80.3 cm³/mol. The highest BCUT2D eigenvalue weighted by molar-refractivity contribution is 4.90. The van der Waals surface area contributed by atoms with Crippen LogP contribution in [0.3, 0.4) is 0 Å². The fourth-order valence-corrected chi connectivity index (χ4v) is 3.96. The molecule has 2 N–H and O–H groups in total. The minimum Gasteiger partial charge on any atom is -0.393 e. The molecule has 1 heterocycles.